The van der Waals surface area contributed by atoms with E-state index >= 15 is 0 Å². The third-order valence-electron chi connectivity index (χ3n) is 3.62. The van der Waals surface area contributed by atoms with Crippen LogP contribution in [-0.2, 0) is 4.79 Å². The van der Waals surface area contributed by atoms with Crippen LogP contribution in [0.3, 0.4) is 0 Å². The second-order valence-electron chi connectivity index (χ2n) is 4.80. The lowest BCUT2D eigenvalue weighted by atomic mass is 9.96. The van der Waals surface area contributed by atoms with Crippen LogP contribution in [0.15, 0.2) is 0 Å². The summed E-state index contributed by atoms with van der Waals surface area (Å²) in [5.41, 5.74) is 5.63. The predicted octanol–water partition coefficient (Wildman–Crippen LogP) is 1.86. The van der Waals surface area contributed by atoms with Gasteiger partial charge in [-0.3, -0.25) is 4.79 Å². The van der Waals surface area contributed by atoms with Crippen molar-refractivity contribution in [2.24, 2.45) is 5.73 Å². The number of likely N-dealkylation sites (N-methyl/N-ethyl adjacent to an activating group) is 1. The monoisotopic (exact) mass is 244 g/mol. The highest BCUT2D eigenvalue weighted by atomic mass is 32.2. The smallest absolute Gasteiger partial charge is 0.242 e. The maximum absolute atomic E-state index is 12.3. The van der Waals surface area contributed by atoms with E-state index in [1.54, 1.807) is 11.8 Å². The quantitative estimate of drug-likeness (QED) is 0.803. The van der Waals surface area contributed by atoms with Crippen LogP contribution in [0.1, 0.15) is 39.0 Å². The molecular formula is C12H24N2OS. The first-order chi connectivity index (χ1) is 7.55. The molecule has 0 heterocycles. The zero-order valence-electron chi connectivity index (χ0n) is 10.7. The predicted molar refractivity (Wildman–Crippen MR) is 70.6 cm³/mol. The van der Waals surface area contributed by atoms with Crippen LogP contribution in [0.4, 0.5) is 0 Å². The van der Waals surface area contributed by atoms with Gasteiger partial charge in [-0.2, -0.15) is 11.8 Å². The van der Waals surface area contributed by atoms with Crippen molar-refractivity contribution in [3.05, 3.63) is 0 Å². The highest BCUT2D eigenvalue weighted by molar-refractivity contribution is 7.98. The summed E-state index contributed by atoms with van der Waals surface area (Å²) in [4.78, 5) is 14.2. The summed E-state index contributed by atoms with van der Waals surface area (Å²) < 4.78 is 0. The van der Waals surface area contributed by atoms with Gasteiger partial charge in [0.05, 0.1) is 5.54 Å². The highest BCUT2D eigenvalue weighted by Gasteiger charge is 2.40. The highest BCUT2D eigenvalue weighted by Crippen LogP contribution is 2.29. The minimum Gasteiger partial charge on any atom is -0.340 e. The SMILES string of the molecule is CCC(CSC)N(C)C(=O)C1(N)CCCC1. The van der Waals surface area contributed by atoms with E-state index in [2.05, 4.69) is 13.2 Å². The van der Waals surface area contributed by atoms with Gasteiger partial charge in [0.2, 0.25) is 5.91 Å². The molecule has 16 heavy (non-hydrogen) atoms. The number of carbonyl (C=O) groups excluding carboxylic acids is 1. The maximum Gasteiger partial charge on any atom is 0.242 e. The van der Waals surface area contributed by atoms with Crippen molar-refractivity contribution in [1.29, 1.82) is 0 Å². The maximum atomic E-state index is 12.3. The van der Waals surface area contributed by atoms with E-state index in [4.69, 9.17) is 5.73 Å². The van der Waals surface area contributed by atoms with Gasteiger partial charge >= 0.3 is 0 Å². The van der Waals surface area contributed by atoms with Crippen LogP contribution >= 0.6 is 11.8 Å². The number of hydrogen-bond donors (Lipinski definition) is 1. The van der Waals surface area contributed by atoms with Crippen molar-refractivity contribution < 1.29 is 4.79 Å². The molecule has 0 aromatic heterocycles. The van der Waals surface area contributed by atoms with Gasteiger partial charge in [0.15, 0.2) is 0 Å². The van der Waals surface area contributed by atoms with Crippen molar-refractivity contribution in [1.82, 2.24) is 4.90 Å². The molecule has 1 rings (SSSR count). The van der Waals surface area contributed by atoms with Gasteiger partial charge < -0.3 is 10.6 Å². The number of amides is 1. The van der Waals surface area contributed by atoms with Crippen LogP contribution in [0.5, 0.6) is 0 Å². The molecule has 2 N–H and O–H groups in total. The van der Waals surface area contributed by atoms with E-state index in [-0.39, 0.29) is 5.91 Å². The van der Waals surface area contributed by atoms with Crippen LogP contribution < -0.4 is 5.73 Å². The Morgan fingerprint density at radius 2 is 2.06 bits per heavy atom. The van der Waals surface area contributed by atoms with Crippen molar-refractivity contribution in [2.45, 2.75) is 50.6 Å². The Morgan fingerprint density at radius 1 is 1.50 bits per heavy atom. The van der Waals surface area contributed by atoms with Crippen molar-refractivity contribution >= 4 is 17.7 Å². The molecule has 1 saturated carbocycles. The number of nitrogens with zero attached hydrogens (tertiary/aromatic N) is 1. The molecule has 0 aromatic carbocycles. The minimum absolute atomic E-state index is 0.144. The van der Waals surface area contributed by atoms with E-state index in [1.807, 2.05) is 11.9 Å². The molecule has 1 aliphatic rings. The lowest BCUT2D eigenvalue weighted by Gasteiger charge is -2.34. The molecule has 1 aliphatic carbocycles. The van der Waals surface area contributed by atoms with E-state index in [0.29, 0.717) is 6.04 Å². The zero-order chi connectivity index (χ0) is 12.2. The molecule has 1 unspecified atom stereocenters. The molecule has 94 valence electrons. The summed E-state index contributed by atoms with van der Waals surface area (Å²) in [7, 11) is 1.90. The molecule has 1 fully saturated rings. The summed E-state index contributed by atoms with van der Waals surface area (Å²) in [5.74, 6) is 1.14. The molecular weight excluding hydrogens is 220 g/mol. The molecule has 0 saturated heterocycles. The molecule has 0 radical (unpaired) electrons. The Hall–Kier alpha value is -0.220. The number of carbonyl (C=O) groups is 1. The first-order valence-corrected chi connectivity index (χ1v) is 7.49. The standard InChI is InChI=1S/C12H24N2OS/c1-4-10(9-16-3)14(2)11(15)12(13)7-5-6-8-12/h10H,4-9,13H2,1-3H3. The number of thioether (sulfide) groups is 1. The lowest BCUT2D eigenvalue weighted by molar-refractivity contribution is -0.137. The van der Waals surface area contributed by atoms with Gasteiger partial charge in [0, 0.05) is 18.8 Å². The summed E-state index contributed by atoms with van der Waals surface area (Å²) in [6.07, 6.45) is 6.97. The minimum atomic E-state index is -0.569. The second kappa shape index (κ2) is 5.92. The molecule has 3 nitrogen and oxygen atoms in total. The Bertz CT molecular complexity index is 239. The van der Waals surface area contributed by atoms with Gasteiger partial charge in [-0.25, -0.2) is 0 Å². The van der Waals surface area contributed by atoms with Gasteiger partial charge in [-0.15, -0.1) is 0 Å². The number of rotatable bonds is 5. The average Bonchev–Trinajstić information content (AvgIpc) is 2.72. The van der Waals surface area contributed by atoms with Gasteiger partial charge in [0.1, 0.15) is 0 Å². The van der Waals surface area contributed by atoms with Crippen molar-refractivity contribution in [3.8, 4) is 0 Å². The Kier molecular flexibility index (Phi) is 5.12. The summed E-state index contributed by atoms with van der Waals surface area (Å²) in [5, 5.41) is 0. The van der Waals surface area contributed by atoms with E-state index in [0.717, 1.165) is 37.9 Å². The van der Waals surface area contributed by atoms with Crippen LogP contribution in [0.2, 0.25) is 0 Å². The van der Waals surface area contributed by atoms with Crippen LogP contribution in [0, 0.1) is 0 Å². The third-order valence-corrected chi connectivity index (χ3v) is 4.34. The largest absolute Gasteiger partial charge is 0.340 e. The molecule has 1 amide bonds. The van der Waals surface area contributed by atoms with Crippen LogP contribution in [-0.4, -0.2) is 41.4 Å². The fourth-order valence-corrected chi connectivity index (χ4v) is 3.28. The van der Waals surface area contributed by atoms with Crippen molar-refractivity contribution in [3.63, 3.8) is 0 Å². The number of nitrogens with two attached hydrogens (primary N) is 1. The van der Waals surface area contributed by atoms with E-state index in [9.17, 15) is 4.79 Å². The zero-order valence-corrected chi connectivity index (χ0v) is 11.5. The van der Waals surface area contributed by atoms with E-state index in [1.165, 1.54) is 0 Å². The van der Waals surface area contributed by atoms with E-state index < -0.39 is 5.54 Å². The Labute approximate surface area is 103 Å². The molecule has 0 spiro atoms. The summed E-state index contributed by atoms with van der Waals surface area (Å²) in [6.45, 7) is 2.13. The Balaban J connectivity index is 2.64. The third kappa shape index (κ3) is 2.92. The van der Waals surface area contributed by atoms with Gasteiger partial charge in [-0.05, 0) is 25.5 Å². The lowest BCUT2D eigenvalue weighted by Crippen LogP contribution is -2.55. The second-order valence-corrected chi connectivity index (χ2v) is 5.71. The average molecular weight is 244 g/mol. The molecule has 4 heteroatoms. The van der Waals surface area contributed by atoms with Crippen molar-refractivity contribution in [2.75, 3.05) is 19.1 Å². The first kappa shape index (κ1) is 13.8. The number of hydrogen-bond acceptors (Lipinski definition) is 3. The first-order valence-electron chi connectivity index (χ1n) is 6.10. The molecule has 0 aromatic rings. The Morgan fingerprint density at radius 3 is 2.50 bits per heavy atom. The van der Waals surface area contributed by atoms with Crippen LogP contribution in [0.25, 0.3) is 0 Å². The molecule has 1 atom stereocenters. The fraction of sp³-hybridized carbons (Fsp3) is 0.917. The summed E-state index contributed by atoms with van der Waals surface area (Å²) >= 11 is 1.79. The molecule has 0 bridgehead atoms. The van der Waals surface area contributed by atoms with Gasteiger partial charge in [0.25, 0.3) is 0 Å². The van der Waals surface area contributed by atoms with Gasteiger partial charge in [-0.1, -0.05) is 19.8 Å². The normalized spacial score (nSPS) is 20.8. The topological polar surface area (TPSA) is 46.3 Å². The fourth-order valence-electron chi connectivity index (χ4n) is 2.43. The molecule has 0 aliphatic heterocycles. The summed E-state index contributed by atoms with van der Waals surface area (Å²) in [6, 6.07) is 0.323.